The molecule has 0 amide bonds. The van der Waals surface area contributed by atoms with Crippen molar-refractivity contribution in [2.75, 3.05) is 0 Å². The molecule has 2 heterocycles. The van der Waals surface area contributed by atoms with Gasteiger partial charge in [-0.25, -0.2) is 4.79 Å². The molecule has 1 unspecified atom stereocenters. The Morgan fingerprint density at radius 1 is 1.32 bits per heavy atom. The fraction of sp³-hybridized carbons (Fsp3) is 0.467. The maximum Gasteiger partial charge on any atom is 0.331 e. The van der Waals surface area contributed by atoms with Crippen molar-refractivity contribution in [1.29, 1.82) is 0 Å². The molecular weight excluding hydrogens is 292 g/mol. The zero-order valence-electron chi connectivity index (χ0n) is 12.8. The van der Waals surface area contributed by atoms with Crippen LogP contribution in [0.2, 0.25) is 0 Å². The molecule has 2 aliphatic rings. The van der Waals surface area contributed by atoms with Gasteiger partial charge in [-0.3, -0.25) is 9.59 Å². The number of ketones is 1. The van der Waals surface area contributed by atoms with Gasteiger partial charge in [-0.2, -0.15) is 0 Å². The molecule has 2 rings (SSSR count). The van der Waals surface area contributed by atoms with Crippen LogP contribution in [0.3, 0.4) is 0 Å². The average Bonchev–Trinajstić information content (AvgIpc) is 2.96. The van der Waals surface area contributed by atoms with Crippen molar-refractivity contribution in [3.63, 3.8) is 0 Å². The Labute approximate surface area is 128 Å². The van der Waals surface area contributed by atoms with E-state index in [-0.39, 0.29) is 36.7 Å². The van der Waals surface area contributed by atoms with E-state index < -0.39 is 5.97 Å². The van der Waals surface area contributed by atoms with E-state index in [9.17, 15) is 19.2 Å². The highest BCUT2D eigenvalue weighted by Gasteiger charge is 2.09. The van der Waals surface area contributed by atoms with E-state index >= 15 is 0 Å². The van der Waals surface area contributed by atoms with Crippen molar-refractivity contribution >= 4 is 23.7 Å². The molecule has 0 bridgehead atoms. The van der Waals surface area contributed by atoms with Gasteiger partial charge in [0, 0.05) is 12.5 Å². The normalized spacial score (nSPS) is 18.1. The molecule has 0 aromatic heterocycles. The Balaban J connectivity index is 0.000000301. The lowest BCUT2D eigenvalue weighted by molar-refractivity contribution is -0.139. The molecule has 7 heteroatoms. The number of esters is 2. The van der Waals surface area contributed by atoms with Gasteiger partial charge >= 0.3 is 17.9 Å². The number of carboxylic acids is 1. The number of Topliss-reactive ketones (excluding diaryl/α,β-unsaturated/α-hetero) is 1. The largest absolute Gasteiger partial charge is 0.481 e. The van der Waals surface area contributed by atoms with Crippen LogP contribution < -0.4 is 0 Å². The minimum absolute atomic E-state index is 0.00694. The van der Waals surface area contributed by atoms with E-state index in [0.717, 1.165) is 5.76 Å². The fourth-order valence-corrected chi connectivity index (χ4v) is 1.25. The van der Waals surface area contributed by atoms with E-state index in [1.165, 1.54) is 13.0 Å². The van der Waals surface area contributed by atoms with E-state index in [1.54, 1.807) is 19.1 Å². The number of hydrogen-bond acceptors (Lipinski definition) is 6. The minimum Gasteiger partial charge on any atom is -0.481 e. The van der Waals surface area contributed by atoms with Crippen molar-refractivity contribution in [2.24, 2.45) is 0 Å². The SMILES string of the molecule is CC(=O)CCC(=O)O.CC1=CCC(=O)O1.CC1C=CC(=O)O1. The molecule has 0 fully saturated rings. The van der Waals surface area contributed by atoms with Gasteiger partial charge in [0.2, 0.25) is 0 Å². The summed E-state index contributed by atoms with van der Waals surface area (Å²) in [5.74, 6) is -0.636. The lowest BCUT2D eigenvalue weighted by Crippen LogP contribution is -2.00. The van der Waals surface area contributed by atoms with Crippen LogP contribution in [-0.2, 0) is 28.7 Å². The summed E-state index contributed by atoms with van der Waals surface area (Å²) in [7, 11) is 0. The predicted molar refractivity (Wildman–Crippen MR) is 76.7 cm³/mol. The van der Waals surface area contributed by atoms with Crippen LogP contribution in [0.5, 0.6) is 0 Å². The molecule has 0 radical (unpaired) electrons. The Bertz CT molecular complexity index is 474. The fourth-order valence-electron chi connectivity index (χ4n) is 1.25. The Morgan fingerprint density at radius 2 is 1.95 bits per heavy atom. The zero-order chi connectivity index (χ0) is 17.1. The van der Waals surface area contributed by atoms with Crippen LogP contribution in [0.1, 0.15) is 40.0 Å². The number of cyclic esters (lactones) is 2. The molecule has 0 spiro atoms. The first kappa shape index (κ1) is 19.6. The van der Waals surface area contributed by atoms with Crippen LogP contribution in [0, 0.1) is 0 Å². The summed E-state index contributed by atoms with van der Waals surface area (Å²) in [4.78, 5) is 40.2. The molecule has 7 nitrogen and oxygen atoms in total. The third-order valence-electron chi connectivity index (χ3n) is 2.33. The second kappa shape index (κ2) is 10.3. The highest BCUT2D eigenvalue weighted by atomic mass is 16.5. The number of carboxylic acid groups (broad SMARTS) is 1. The predicted octanol–water partition coefficient (Wildman–Crippen LogP) is 1.77. The summed E-state index contributed by atoms with van der Waals surface area (Å²) in [6.45, 7) is 4.97. The van der Waals surface area contributed by atoms with Gasteiger partial charge in [0.1, 0.15) is 17.6 Å². The van der Waals surface area contributed by atoms with E-state index in [2.05, 4.69) is 9.47 Å². The molecule has 22 heavy (non-hydrogen) atoms. The Hall–Kier alpha value is -2.44. The van der Waals surface area contributed by atoms with Crippen LogP contribution >= 0.6 is 0 Å². The maximum atomic E-state index is 10.2. The second-order valence-electron chi connectivity index (χ2n) is 4.59. The molecule has 0 aromatic rings. The van der Waals surface area contributed by atoms with E-state index in [0.29, 0.717) is 6.42 Å². The smallest absolute Gasteiger partial charge is 0.331 e. The number of hydrogen-bond donors (Lipinski definition) is 1. The molecule has 0 saturated heterocycles. The lowest BCUT2D eigenvalue weighted by Gasteiger charge is -1.95. The number of carbonyl (C=O) groups excluding carboxylic acids is 3. The summed E-state index contributed by atoms with van der Waals surface area (Å²) >= 11 is 0. The van der Waals surface area contributed by atoms with E-state index in [4.69, 9.17) is 5.11 Å². The summed E-state index contributed by atoms with van der Waals surface area (Å²) in [5, 5.41) is 8.01. The molecule has 2 aliphatic heterocycles. The second-order valence-corrected chi connectivity index (χ2v) is 4.59. The summed E-state index contributed by atoms with van der Waals surface area (Å²) in [6, 6.07) is 0. The summed E-state index contributed by atoms with van der Waals surface area (Å²) in [6.07, 6.45) is 5.47. The van der Waals surface area contributed by atoms with Crippen LogP contribution in [-0.4, -0.2) is 34.9 Å². The quantitative estimate of drug-likeness (QED) is 0.791. The van der Waals surface area contributed by atoms with Gasteiger partial charge in [-0.15, -0.1) is 0 Å². The lowest BCUT2D eigenvalue weighted by atomic mass is 10.2. The Morgan fingerprint density at radius 3 is 2.09 bits per heavy atom. The number of carbonyl (C=O) groups is 4. The first-order chi connectivity index (χ1) is 10.2. The first-order valence-corrected chi connectivity index (χ1v) is 6.68. The van der Waals surface area contributed by atoms with E-state index in [1.807, 2.05) is 6.92 Å². The Kier molecular flexibility index (Phi) is 9.17. The first-order valence-electron chi connectivity index (χ1n) is 6.68. The van der Waals surface area contributed by atoms with Crippen LogP contribution in [0.4, 0.5) is 0 Å². The van der Waals surface area contributed by atoms with Crippen molar-refractivity contribution in [3.05, 3.63) is 24.0 Å². The maximum absolute atomic E-state index is 10.2. The van der Waals surface area contributed by atoms with Crippen LogP contribution in [0.25, 0.3) is 0 Å². The van der Waals surface area contributed by atoms with Gasteiger partial charge in [0.15, 0.2) is 0 Å². The topological polar surface area (TPSA) is 107 Å². The summed E-state index contributed by atoms with van der Waals surface area (Å²) in [5.41, 5.74) is 0. The van der Waals surface area contributed by atoms with Gasteiger partial charge in [-0.1, -0.05) is 0 Å². The highest BCUT2D eigenvalue weighted by Crippen LogP contribution is 2.07. The molecule has 0 aromatic carbocycles. The van der Waals surface area contributed by atoms with Crippen LogP contribution in [0.15, 0.2) is 24.0 Å². The monoisotopic (exact) mass is 312 g/mol. The van der Waals surface area contributed by atoms with Gasteiger partial charge in [0.05, 0.1) is 12.8 Å². The van der Waals surface area contributed by atoms with Crippen molar-refractivity contribution in [2.45, 2.75) is 46.1 Å². The van der Waals surface area contributed by atoms with Crippen molar-refractivity contribution in [3.8, 4) is 0 Å². The molecule has 1 atom stereocenters. The van der Waals surface area contributed by atoms with Gasteiger partial charge < -0.3 is 19.4 Å². The van der Waals surface area contributed by atoms with Gasteiger partial charge in [-0.05, 0) is 32.9 Å². The number of allylic oxidation sites excluding steroid dienone is 1. The minimum atomic E-state index is -0.916. The van der Waals surface area contributed by atoms with Crippen molar-refractivity contribution < 1.29 is 33.8 Å². The number of aliphatic carboxylic acids is 1. The molecule has 0 aliphatic carbocycles. The van der Waals surface area contributed by atoms with Crippen molar-refractivity contribution in [1.82, 2.24) is 0 Å². The number of ether oxygens (including phenoxy) is 2. The molecule has 122 valence electrons. The standard InChI is InChI=1S/C5H8O3.2C5H6O2/c1-4(6)2-3-5(7)8;2*1-4-2-3-5(6)7-4/h2-3H2,1H3,(H,7,8);2H,3H2,1H3;2-4H,1H3. The average molecular weight is 312 g/mol. The molecule has 0 saturated carbocycles. The molecular formula is C15H20O7. The third-order valence-corrected chi connectivity index (χ3v) is 2.33. The highest BCUT2D eigenvalue weighted by molar-refractivity contribution is 5.84. The number of rotatable bonds is 3. The molecule has 1 N–H and O–H groups in total. The third kappa shape index (κ3) is 11.4. The van der Waals surface area contributed by atoms with Gasteiger partial charge in [0.25, 0.3) is 0 Å². The summed E-state index contributed by atoms with van der Waals surface area (Å²) < 4.78 is 9.19. The zero-order valence-corrected chi connectivity index (χ0v) is 12.8.